The Balaban J connectivity index is 1.40. The zero-order chi connectivity index (χ0) is 17.2. The lowest BCUT2D eigenvalue weighted by Gasteiger charge is -2.34. The molecule has 0 aliphatic carbocycles. The van der Waals surface area contributed by atoms with Crippen molar-refractivity contribution in [1.82, 2.24) is 9.80 Å². The Hall–Kier alpha value is -1.79. The van der Waals surface area contributed by atoms with Crippen LogP contribution in [0.5, 0.6) is 0 Å². The van der Waals surface area contributed by atoms with E-state index in [1.54, 1.807) is 0 Å². The van der Waals surface area contributed by atoms with E-state index >= 15 is 0 Å². The molecule has 4 nitrogen and oxygen atoms in total. The molecule has 2 aliphatic heterocycles. The summed E-state index contributed by atoms with van der Waals surface area (Å²) in [5, 5.41) is 1.92. The SMILES string of the molecule is O=C(c1ccc2c(c1)CCCS2)N1CCN(C(=O)c2cccs2)CC1. The summed E-state index contributed by atoms with van der Waals surface area (Å²) in [5.41, 5.74) is 2.08. The van der Waals surface area contributed by atoms with Crippen LogP contribution in [0.4, 0.5) is 0 Å². The van der Waals surface area contributed by atoms with E-state index in [9.17, 15) is 9.59 Å². The molecule has 130 valence electrons. The second kappa shape index (κ2) is 7.22. The maximum atomic E-state index is 12.8. The third-order valence-corrected chi connectivity index (χ3v) is 6.80. The summed E-state index contributed by atoms with van der Waals surface area (Å²) >= 11 is 3.35. The fourth-order valence-corrected chi connectivity index (χ4v) is 5.05. The van der Waals surface area contributed by atoms with E-state index < -0.39 is 0 Å². The summed E-state index contributed by atoms with van der Waals surface area (Å²) in [6.45, 7) is 2.40. The van der Waals surface area contributed by atoms with Gasteiger partial charge in [0.05, 0.1) is 4.88 Å². The van der Waals surface area contributed by atoms with Gasteiger partial charge in [0.25, 0.3) is 11.8 Å². The largest absolute Gasteiger partial charge is 0.335 e. The van der Waals surface area contributed by atoms with Gasteiger partial charge in [-0.25, -0.2) is 0 Å². The van der Waals surface area contributed by atoms with Crippen molar-refractivity contribution in [2.75, 3.05) is 31.9 Å². The van der Waals surface area contributed by atoms with Crippen LogP contribution in [0.2, 0.25) is 0 Å². The van der Waals surface area contributed by atoms with Crippen molar-refractivity contribution in [3.05, 3.63) is 51.7 Å². The lowest BCUT2D eigenvalue weighted by molar-refractivity contribution is 0.0538. The minimum Gasteiger partial charge on any atom is -0.335 e. The number of thiophene rings is 1. The van der Waals surface area contributed by atoms with Gasteiger partial charge in [-0.15, -0.1) is 23.1 Å². The quantitative estimate of drug-likeness (QED) is 0.811. The lowest BCUT2D eigenvalue weighted by atomic mass is 10.0. The molecule has 0 spiro atoms. The summed E-state index contributed by atoms with van der Waals surface area (Å²) in [7, 11) is 0. The molecule has 2 aliphatic rings. The minimum atomic E-state index is 0.0768. The molecule has 6 heteroatoms. The zero-order valence-electron chi connectivity index (χ0n) is 13.9. The van der Waals surface area contributed by atoms with E-state index in [2.05, 4.69) is 12.1 Å². The fourth-order valence-electron chi connectivity index (χ4n) is 3.34. The van der Waals surface area contributed by atoms with Gasteiger partial charge in [-0.3, -0.25) is 9.59 Å². The van der Waals surface area contributed by atoms with Crippen molar-refractivity contribution < 1.29 is 9.59 Å². The summed E-state index contributed by atoms with van der Waals surface area (Å²) in [6, 6.07) is 9.85. The Bertz CT molecular complexity index is 781. The second-order valence-corrected chi connectivity index (χ2v) is 8.42. The van der Waals surface area contributed by atoms with Crippen molar-refractivity contribution in [1.29, 1.82) is 0 Å². The number of amides is 2. The van der Waals surface area contributed by atoms with Gasteiger partial charge in [-0.2, -0.15) is 0 Å². The zero-order valence-corrected chi connectivity index (χ0v) is 15.6. The number of piperazine rings is 1. The molecule has 0 saturated carbocycles. The predicted molar refractivity (Wildman–Crippen MR) is 102 cm³/mol. The number of benzene rings is 1. The number of fused-ring (bicyclic) bond motifs is 1. The highest BCUT2D eigenvalue weighted by molar-refractivity contribution is 7.99. The van der Waals surface area contributed by atoms with Gasteiger partial charge in [0.1, 0.15) is 0 Å². The smallest absolute Gasteiger partial charge is 0.264 e. The Morgan fingerprint density at radius 2 is 1.72 bits per heavy atom. The van der Waals surface area contributed by atoms with E-state index in [0.717, 1.165) is 16.9 Å². The van der Waals surface area contributed by atoms with Gasteiger partial charge in [-0.05, 0) is 53.8 Å². The van der Waals surface area contributed by atoms with Crippen LogP contribution in [0.25, 0.3) is 0 Å². The molecule has 2 aromatic rings. The number of nitrogens with zero attached hydrogens (tertiary/aromatic N) is 2. The molecular formula is C19H20N2O2S2. The molecule has 0 unspecified atom stereocenters. The molecule has 1 aromatic carbocycles. The minimum absolute atomic E-state index is 0.0768. The fraction of sp³-hybridized carbons (Fsp3) is 0.368. The third-order valence-electron chi connectivity index (χ3n) is 4.74. The Labute approximate surface area is 155 Å². The highest BCUT2D eigenvalue weighted by Gasteiger charge is 2.26. The van der Waals surface area contributed by atoms with E-state index in [4.69, 9.17) is 0 Å². The number of hydrogen-bond acceptors (Lipinski definition) is 4. The van der Waals surface area contributed by atoms with Gasteiger partial charge in [0, 0.05) is 36.6 Å². The first kappa shape index (κ1) is 16.7. The molecule has 1 saturated heterocycles. The van der Waals surface area contributed by atoms with Crippen molar-refractivity contribution in [3.63, 3.8) is 0 Å². The van der Waals surface area contributed by atoms with Crippen LogP contribution in [0.1, 0.15) is 32.0 Å². The molecule has 1 fully saturated rings. The molecular weight excluding hydrogens is 352 g/mol. The molecule has 2 amide bonds. The normalized spacial score (nSPS) is 17.3. The molecule has 0 radical (unpaired) electrons. The Morgan fingerprint density at radius 1 is 0.960 bits per heavy atom. The van der Waals surface area contributed by atoms with Crippen LogP contribution in [0.3, 0.4) is 0 Å². The van der Waals surface area contributed by atoms with Crippen molar-refractivity contribution in [2.24, 2.45) is 0 Å². The molecule has 3 heterocycles. The van der Waals surface area contributed by atoms with Gasteiger partial charge in [-0.1, -0.05) is 6.07 Å². The average Bonchev–Trinajstić information content (AvgIpc) is 3.21. The first-order chi connectivity index (χ1) is 12.2. The number of rotatable bonds is 2. The maximum absolute atomic E-state index is 12.8. The average molecular weight is 373 g/mol. The van der Waals surface area contributed by atoms with Gasteiger partial charge in [0.2, 0.25) is 0 Å². The number of hydrogen-bond donors (Lipinski definition) is 0. The summed E-state index contributed by atoms with van der Waals surface area (Å²) in [4.78, 5) is 31.0. The Kier molecular flexibility index (Phi) is 4.81. The van der Waals surface area contributed by atoms with Crippen LogP contribution in [0.15, 0.2) is 40.6 Å². The van der Waals surface area contributed by atoms with Crippen LogP contribution >= 0.6 is 23.1 Å². The summed E-state index contributed by atoms with van der Waals surface area (Å²) < 4.78 is 0. The van der Waals surface area contributed by atoms with Gasteiger partial charge < -0.3 is 9.80 Å². The van der Waals surface area contributed by atoms with Crippen molar-refractivity contribution >= 4 is 34.9 Å². The highest BCUT2D eigenvalue weighted by atomic mass is 32.2. The van der Waals surface area contributed by atoms with Crippen LogP contribution in [0, 0.1) is 0 Å². The topological polar surface area (TPSA) is 40.6 Å². The number of thioether (sulfide) groups is 1. The first-order valence-corrected chi connectivity index (χ1v) is 10.5. The maximum Gasteiger partial charge on any atom is 0.264 e. The monoisotopic (exact) mass is 372 g/mol. The van der Waals surface area contributed by atoms with Crippen LogP contribution < -0.4 is 0 Å². The third kappa shape index (κ3) is 3.46. The van der Waals surface area contributed by atoms with Crippen molar-refractivity contribution in [2.45, 2.75) is 17.7 Å². The predicted octanol–water partition coefficient (Wildman–Crippen LogP) is 3.38. The number of carbonyl (C=O) groups is 2. The van der Waals surface area contributed by atoms with Gasteiger partial charge >= 0.3 is 0 Å². The van der Waals surface area contributed by atoms with Crippen LogP contribution in [-0.2, 0) is 6.42 Å². The summed E-state index contributed by atoms with van der Waals surface area (Å²) in [5.74, 6) is 1.33. The Morgan fingerprint density at radius 3 is 2.44 bits per heavy atom. The van der Waals surface area contributed by atoms with Crippen LogP contribution in [-0.4, -0.2) is 53.5 Å². The first-order valence-electron chi connectivity index (χ1n) is 8.60. The second-order valence-electron chi connectivity index (χ2n) is 6.34. The molecule has 0 bridgehead atoms. The lowest BCUT2D eigenvalue weighted by Crippen LogP contribution is -2.50. The molecule has 0 N–H and O–H groups in total. The standard InChI is InChI=1S/C19H20N2O2S2/c22-18(15-5-6-16-14(13-15)3-1-11-24-16)20-7-9-21(10-8-20)19(23)17-4-2-12-25-17/h2,4-6,12-13H,1,3,7-11H2. The van der Waals surface area contributed by atoms with E-state index in [0.29, 0.717) is 26.2 Å². The molecule has 25 heavy (non-hydrogen) atoms. The highest BCUT2D eigenvalue weighted by Crippen LogP contribution is 2.30. The number of carbonyl (C=O) groups excluding carboxylic acids is 2. The molecule has 4 rings (SSSR count). The van der Waals surface area contributed by atoms with Gasteiger partial charge in [0.15, 0.2) is 0 Å². The van der Waals surface area contributed by atoms with E-state index in [-0.39, 0.29) is 11.8 Å². The van der Waals surface area contributed by atoms with Crippen molar-refractivity contribution in [3.8, 4) is 0 Å². The van der Waals surface area contributed by atoms with E-state index in [1.807, 2.05) is 45.1 Å². The molecule has 1 aromatic heterocycles. The number of aryl methyl sites for hydroxylation is 1. The summed E-state index contributed by atoms with van der Waals surface area (Å²) in [6.07, 6.45) is 2.24. The van der Waals surface area contributed by atoms with E-state index in [1.165, 1.54) is 34.0 Å². The molecule has 0 atom stereocenters.